The molecule has 0 fully saturated rings. The van der Waals surface area contributed by atoms with E-state index in [4.69, 9.17) is 0 Å². The number of hydrogen-bond donors (Lipinski definition) is 4. The molecule has 0 saturated carbocycles. The van der Waals surface area contributed by atoms with E-state index in [1.807, 2.05) is 0 Å². The number of fused-ring (bicyclic) bond motifs is 1. The average Bonchev–Trinajstić information content (AvgIpc) is 2.70. The summed E-state index contributed by atoms with van der Waals surface area (Å²) in [7, 11) is 0. The molecular formula is C25H33F2N3O2. The number of rotatable bonds is 9. The van der Waals surface area contributed by atoms with Crippen molar-refractivity contribution in [3.8, 4) is 0 Å². The number of anilines is 1. The summed E-state index contributed by atoms with van der Waals surface area (Å²) in [6, 6.07) is 9.11. The molecule has 4 N–H and O–H groups in total. The van der Waals surface area contributed by atoms with Crippen molar-refractivity contribution in [1.82, 2.24) is 10.6 Å². The van der Waals surface area contributed by atoms with Crippen molar-refractivity contribution in [3.63, 3.8) is 0 Å². The van der Waals surface area contributed by atoms with E-state index in [2.05, 4.69) is 48.0 Å². The molecule has 0 radical (unpaired) electrons. The van der Waals surface area contributed by atoms with Crippen LogP contribution in [0.5, 0.6) is 0 Å². The predicted molar refractivity (Wildman–Crippen MR) is 123 cm³/mol. The molecule has 1 amide bonds. The third-order valence-corrected chi connectivity index (χ3v) is 5.69. The predicted octanol–water partition coefficient (Wildman–Crippen LogP) is 3.72. The fraction of sp³-hybridized carbons (Fsp3) is 0.480. The quantitative estimate of drug-likeness (QED) is 0.475. The number of halogens is 2. The van der Waals surface area contributed by atoms with Crippen molar-refractivity contribution in [2.24, 2.45) is 5.92 Å². The number of aliphatic hydroxyl groups is 1. The Hall–Kier alpha value is -2.51. The van der Waals surface area contributed by atoms with Crippen molar-refractivity contribution in [1.29, 1.82) is 0 Å². The molecule has 2 aromatic carbocycles. The summed E-state index contributed by atoms with van der Waals surface area (Å²) >= 11 is 0. The standard InChI is InChI=1S/C25H33F2N3O2/c1-15(2)8-17-4-5-22-21(11-17)23(6-7-28-22)29-14-25(32)24(30-16(3)31)12-18-9-19(26)13-20(27)10-18/h4-5,9-11,13,15,23-25,28-29,32H,6-8,12,14H2,1-3H3,(H,30,31). The summed E-state index contributed by atoms with van der Waals surface area (Å²) < 4.78 is 27.2. The molecular weight excluding hydrogens is 412 g/mol. The number of nitrogens with one attached hydrogen (secondary N) is 3. The van der Waals surface area contributed by atoms with E-state index in [9.17, 15) is 18.7 Å². The molecule has 3 atom stereocenters. The van der Waals surface area contributed by atoms with Crippen LogP contribution in [0.3, 0.4) is 0 Å². The van der Waals surface area contributed by atoms with Crippen LogP contribution in [0.25, 0.3) is 0 Å². The molecule has 1 aliphatic heterocycles. The highest BCUT2D eigenvalue weighted by Crippen LogP contribution is 2.31. The molecule has 0 aromatic heterocycles. The molecule has 1 heterocycles. The summed E-state index contributed by atoms with van der Waals surface area (Å²) in [6.45, 7) is 6.80. The van der Waals surface area contributed by atoms with Crippen molar-refractivity contribution >= 4 is 11.6 Å². The van der Waals surface area contributed by atoms with E-state index >= 15 is 0 Å². The highest BCUT2D eigenvalue weighted by molar-refractivity contribution is 5.73. The van der Waals surface area contributed by atoms with Gasteiger partial charge in [-0.2, -0.15) is 0 Å². The van der Waals surface area contributed by atoms with Gasteiger partial charge in [0, 0.05) is 37.8 Å². The smallest absolute Gasteiger partial charge is 0.217 e. The Labute approximate surface area is 188 Å². The van der Waals surface area contributed by atoms with Gasteiger partial charge in [0.25, 0.3) is 0 Å². The summed E-state index contributed by atoms with van der Waals surface area (Å²) in [6.07, 6.45) is 1.06. The molecule has 5 nitrogen and oxygen atoms in total. The molecule has 0 aliphatic carbocycles. The Kier molecular flexibility index (Phi) is 8.21. The fourth-order valence-electron chi connectivity index (χ4n) is 4.31. The Morgan fingerprint density at radius 2 is 1.84 bits per heavy atom. The second-order valence-electron chi connectivity index (χ2n) is 9.05. The maximum atomic E-state index is 13.6. The van der Waals surface area contributed by atoms with E-state index in [1.165, 1.54) is 30.2 Å². The molecule has 32 heavy (non-hydrogen) atoms. The molecule has 3 rings (SSSR count). The first-order chi connectivity index (χ1) is 15.2. The van der Waals surface area contributed by atoms with Crippen molar-refractivity contribution in [2.45, 2.75) is 58.2 Å². The highest BCUT2D eigenvalue weighted by Gasteiger charge is 2.25. The first-order valence-corrected chi connectivity index (χ1v) is 11.2. The second-order valence-corrected chi connectivity index (χ2v) is 9.05. The number of benzene rings is 2. The summed E-state index contributed by atoms with van der Waals surface area (Å²) in [4.78, 5) is 11.7. The molecule has 2 aromatic rings. The van der Waals surface area contributed by atoms with Crippen LogP contribution >= 0.6 is 0 Å². The van der Waals surface area contributed by atoms with E-state index in [0.29, 0.717) is 11.5 Å². The van der Waals surface area contributed by atoms with Gasteiger partial charge in [0.1, 0.15) is 11.6 Å². The minimum atomic E-state index is -0.928. The van der Waals surface area contributed by atoms with Gasteiger partial charge in [0.15, 0.2) is 0 Å². The van der Waals surface area contributed by atoms with Gasteiger partial charge in [-0.3, -0.25) is 4.79 Å². The number of hydrogen-bond acceptors (Lipinski definition) is 4. The molecule has 3 unspecified atom stereocenters. The van der Waals surface area contributed by atoms with Crippen LogP contribution in [0.15, 0.2) is 36.4 Å². The highest BCUT2D eigenvalue weighted by atomic mass is 19.1. The number of carbonyl (C=O) groups is 1. The number of aliphatic hydroxyl groups excluding tert-OH is 1. The van der Waals surface area contributed by atoms with Gasteiger partial charge >= 0.3 is 0 Å². The third-order valence-electron chi connectivity index (χ3n) is 5.69. The molecule has 174 valence electrons. The van der Waals surface area contributed by atoms with Gasteiger partial charge in [0.2, 0.25) is 5.91 Å². The van der Waals surface area contributed by atoms with Crippen molar-refractivity contribution in [3.05, 3.63) is 64.7 Å². The largest absolute Gasteiger partial charge is 0.390 e. The van der Waals surface area contributed by atoms with Crippen molar-refractivity contribution in [2.75, 3.05) is 18.4 Å². The maximum absolute atomic E-state index is 13.6. The van der Waals surface area contributed by atoms with Gasteiger partial charge in [-0.25, -0.2) is 8.78 Å². The van der Waals surface area contributed by atoms with E-state index in [1.54, 1.807) is 0 Å². The van der Waals surface area contributed by atoms with Crippen LogP contribution in [-0.4, -0.2) is 36.2 Å². The molecule has 1 aliphatic rings. The van der Waals surface area contributed by atoms with Crippen LogP contribution in [0.2, 0.25) is 0 Å². The molecule has 0 spiro atoms. The monoisotopic (exact) mass is 445 g/mol. The minimum Gasteiger partial charge on any atom is -0.390 e. The zero-order chi connectivity index (χ0) is 23.3. The van der Waals surface area contributed by atoms with Crippen LogP contribution in [0, 0.1) is 17.6 Å². The van der Waals surface area contributed by atoms with Crippen LogP contribution in [0.1, 0.15) is 49.9 Å². The second kappa shape index (κ2) is 10.9. The Morgan fingerprint density at radius 1 is 1.12 bits per heavy atom. The molecule has 7 heteroatoms. The van der Waals surface area contributed by atoms with E-state index < -0.39 is 23.8 Å². The maximum Gasteiger partial charge on any atom is 0.217 e. The lowest BCUT2D eigenvalue weighted by atomic mass is 9.92. The third kappa shape index (κ3) is 6.74. The Bertz CT molecular complexity index is 915. The SMILES string of the molecule is CC(=O)NC(Cc1cc(F)cc(F)c1)C(O)CNC1CCNc2ccc(CC(C)C)cc21. The van der Waals surface area contributed by atoms with Gasteiger partial charge < -0.3 is 21.1 Å². The summed E-state index contributed by atoms with van der Waals surface area (Å²) in [5.41, 5.74) is 3.92. The normalized spacial score (nSPS) is 17.4. The fourth-order valence-corrected chi connectivity index (χ4v) is 4.31. The molecule has 0 saturated heterocycles. The lowest BCUT2D eigenvalue weighted by Crippen LogP contribution is -2.48. The van der Waals surface area contributed by atoms with Gasteiger partial charge in [-0.05, 0) is 60.1 Å². The average molecular weight is 446 g/mol. The topological polar surface area (TPSA) is 73.4 Å². The van der Waals surface area contributed by atoms with Gasteiger partial charge in [0.05, 0.1) is 12.1 Å². The Morgan fingerprint density at radius 3 is 2.50 bits per heavy atom. The van der Waals surface area contributed by atoms with Crippen molar-refractivity contribution < 1.29 is 18.7 Å². The summed E-state index contributed by atoms with van der Waals surface area (Å²) in [5.74, 6) is -1.12. The lowest BCUT2D eigenvalue weighted by Gasteiger charge is -2.31. The number of amides is 1. The van der Waals surface area contributed by atoms with E-state index in [-0.39, 0.29) is 24.9 Å². The zero-order valence-electron chi connectivity index (χ0n) is 18.9. The van der Waals surface area contributed by atoms with Crippen LogP contribution in [-0.2, 0) is 17.6 Å². The zero-order valence-corrected chi connectivity index (χ0v) is 18.9. The lowest BCUT2D eigenvalue weighted by molar-refractivity contribution is -0.120. The first-order valence-electron chi connectivity index (χ1n) is 11.2. The minimum absolute atomic E-state index is 0.0672. The first kappa shape index (κ1) is 24.1. The summed E-state index contributed by atoms with van der Waals surface area (Å²) in [5, 5.41) is 20.4. The van der Waals surface area contributed by atoms with Gasteiger partial charge in [-0.15, -0.1) is 0 Å². The van der Waals surface area contributed by atoms with Gasteiger partial charge in [-0.1, -0.05) is 26.0 Å². The van der Waals surface area contributed by atoms with Crippen LogP contribution < -0.4 is 16.0 Å². The molecule has 0 bridgehead atoms. The number of carbonyl (C=O) groups excluding carboxylic acids is 1. The van der Waals surface area contributed by atoms with Crippen LogP contribution in [0.4, 0.5) is 14.5 Å². The Balaban J connectivity index is 1.69. The van der Waals surface area contributed by atoms with E-state index in [0.717, 1.165) is 31.1 Å².